The Labute approximate surface area is 187 Å². The fourth-order valence-corrected chi connectivity index (χ4v) is 3.17. The Kier molecular flexibility index (Phi) is 6.08. The second kappa shape index (κ2) is 9.27. The predicted octanol–water partition coefficient (Wildman–Crippen LogP) is 3.60. The molecule has 0 spiro atoms. The molecule has 5 N–H and O–H groups in total. The van der Waals surface area contributed by atoms with Gasteiger partial charge in [-0.3, -0.25) is 10.1 Å². The summed E-state index contributed by atoms with van der Waals surface area (Å²) in [6.07, 6.45) is 3.34. The molecule has 0 aliphatic rings. The molecule has 0 aliphatic carbocycles. The molecule has 0 amide bonds. The quantitative estimate of drug-likeness (QED) is 0.178. The second-order valence-corrected chi connectivity index (χ2v) is 7.01. The molecule has 0 atom stereocenters. The van der Waals surface area contributed by atoms with Gasteiger partial charge in [-0.1, -0.05) is 29.8 Å². The standard InChI is InChI=1S/C20H18ClN9O2/c21-13-4-2-1-3-12(13)15-11-26-19(27-15)14-7-8-24-20(28-14)25-10-9-23-17-6-5-16(30(31)32)18(22)29-17/h1-8,11H,9-10H2,(H,26,27)(H3,22,23,29)(H,24,25,28). The van der Waals surface area contributed by atoms with E-state index in [1.54, 1.807) is 18.5 Å². The molecule has 4 aromatic rings. The van der Waals surface area contributed by atoms with E-state index in [1.807, 2.05) is 24.3 Å². The Balaban J connectivity index is 1.36. The van der Waals surface area contributed by atoms with Crippen LogP contribution in [0.25, 0.3) is 22.8 Å². The van der Waals surface area contributed by atoms with Gasteiger partial charge < -0.3 is 21.4 Å². The van der Waals surface area contributed by atoms with E-state index < -0.39 is 4.92 Å². The highest BCUT2D eigenvalue weighted by Crippen LogP contribution is 2.27. The van der Waals surface area contributed by atoms with Crippen molar-refractivity contribution in [3.63, 3.8) is 0 Å². The SMILES string of the molecule is Nc1nc(NCCNc2nccc(-c3ncc(-c4ccccc4Cl)[nH]3)n2)ccc1[N+](=O)[O-]. The van der Waals surface area contributed by atoms with Crippen LogP contribution in [0.2, 0.25) is 5.02 Å². The van der Waals surface area contributed by atoms with Crippen molar-refractivity contribution in [3.05, 3.63) is 70.0 Å². The number of imidazole rings is 1. The van der Waals surface area contributed by atoms with Crippen LogP contribution in [0.5, 0.6) is 0 Å². The maximum Gasteiger partial charge on any atom is 0.311 e. The summed E-state index contributed by atoms with van der Waals surface area (Å²) in [5, 5.41) is 17.6. The van der Waals surface area contributed by atoms with Gasteiger partial charge in [0.15, 0.2) is 5.82 Å². The van der Waals surface area contributed by atoms with E-state index in [2.05, 4.69) is 35.6 Å². The maximum absolute atomic E-state index is 10.8. The molecule has 3 aromatic heterocycles. The van der Waals surface area contributed by atoms with E-state index >= 15 is 0 Å². The lowest BCUT2D eigenvalue weighted by atomic mass is 10.2. The van der Waals surface area contributed by atoms with Gasteiger partial charge in [0, 0.05) is 35.9 Å². The number of nitrogens with zero attached hydrogens (tertiary/aromatic N) is 5. The number of nitrogens with one attached hydrogen (secondary N) is 3. The number of benzene rings is 1. The van der Waals surface area contributed by atoms with Crippen LogP contribution in [0.4, 0.5) is 23.3 Å². The summed E-state index contributed by atoms with van der Waals surface area (Å²) in [6.45, 7) is 0.945. The number of nitrogen functional groups attached to an aromatic ring is 1. The summed E-state index contributed by atoms with van der Waals surface area (Å²) in [7, 11) is 0. The van der Waals surface area contributed by atoms with Gasteiger partial charge in [-0.2, -0.15) is 0 Å². The number of H-pyrrole nitrogens is 1. The summed E-state index contributed by atoms with van der Waals surface area (Å²) in [5.74, 6) is 1.32. The number of aromatic nitrogens is 5. The van der Waals surface area contributed by atoms with Gasteiger partial charge in [-0.15, -0.1) is 0 Å². The third-order valence-electron chi connectivity index (χ3n) is 4.45. The smallest absolute Gasteiger partial charge is 0.311 e. The molecule has 32 heavy (non-hydrogen) atoms. The molecule has 0 aliphatic heterocycles. The minimum Gasteiger partial charge on any atom is -0.378 e. The predicted molar refractivity (Wildman–Crippen MR) is 122 cm³/mol. The molecule has 12 heteroatoms. The van der Waals surface area contributed by atoms with Crippen LogP contribution in [0, 0.1) is 10.1 Å². The molecule has 0 saturated carbocycles. The van der Waals surface area contributed by atoms with Gasteiger partial charge in [0.2, 0.25) is 11.8 Å². The number of aromatic amines is 1. The second-order valence-electron chi connectivity index (χ2n) is 6.60. The van der Waals surface area contributed by atoms with Crippen LogP contribution in [0.1, 0.15) is 0 Å². The van der Waals surface area contributed by atoms with Crippen molar-refractivity contribution in [2.75, 3.05) is 29.5 Å². The number of nitro groups is 1. The average molecular weight is 452 g/mol. The zero-order valence-corrected chi connectivity index (χ0v) is 17.4. The summed E-state index contributed by atoms with van der Waals surface area (Å²) < 4.78 is 0. The third kappa shape index (κ3) is 4.73. The van der Waals surface area contributed by atoms with Crippen LogP contribution < -0.4 is 16.4 Å². The van der Waals surface area contributed by atoms with E-state index in [4.69, 9.17) is 17.3 Å². The van der Waals surface area contributed by atoms with Gasteiger partial charge in [0.1, 0.15) is 11.5 Å². The number of nitrogens with two attached hydrogens (primary N) is 1. The van der Waals surface area contributed by atoms with Gasteiger partial charge in [0.05, 0.1) is 16.8 Å². The minimum atomic E-state index is -0.575. The summed E-state index contributed by atoms with van der Waals surface area (Å²) >= 11 is 6.25. The molecule has 0 radical (unpaired) electrons. The van der Waals surface area contributed by atoms with E-state index in [1.165, 1.54) is 12.1 Å². The number of pyridine rings is 1. The van der Waals surface area contributed by atoms with Crippen LogP contribution >= 0.6 is 11.6 Å². The highest BCUT2D eigenvalue weighted by atomic mass is 35.5. The van der Waals surface area contributed by atoms with Gasteiger partial charge in [-0.05, 0) is 18.2 Å². The van der Waals surface area contributed by atoms with Gasteiger partial charge in [-0.25, -0.2) is 19.9 Å². The van der Waals surface area contributed by atoms with Gasteiger partial charge in [0.25, 0.3) is 0 Å². The fourth-order valence-electron chi connectivity index (χ4n) is 2.93. The van der Waals surface area contributed by atoms with E-state index in [9.17, 15) is 10.1 Å². The van der Waals surface area contributed by atoms with E-state index in [-0.39, 0.29) is 11.5 Å². The van der Waals surface area contributed by atoms with Crippen molar-refractivity contribution in [1.29, 1.82) is 0 Å². The lowest BCUT2D eigenvalue weighted by Crippen LogP contribution is -2.16. The molecule has 3 heterocycles. The first-order valence-electron chi connectivity index (χ1n) is 9.53. The van der Waals surface area contributed by atoms with E-state index in [0.29, 0.717) is 41.4 Å². The van der Waals surface area contributed by atoms with Crippen LogP contribution in [0.3, 0.4) is 0 Å². The number of halogens is 1. The molecule has 11 nitrogen and oxygen atoms in total. The molecular weight excluding hydrogens is 434 g/mol. The normalized spacial score (nSPS) is 10.7. The van der Waals surface area contributed by atoms with Gasteiger partial charge >= 0.3 is 5.69 Å². The molecule has 0 unspecified atom stereocenters. The highest BCUT2D eigenvalue weighted by Gasteiger charge is 2.13. The molecule has 0 fully saturated rings. The maximum atomic E-state index is 10.8. The molecule has 4 rings (SSSR count). The average Bonchev–Trinajstić information content (AvgIpc) is 3.27. The molecule has 0 bridgehead atoms. The number of rotatable bonds is 8. The lowest BCUT2D eigenvalue weighted by molar-refractivity contribution is -0.384. The van der Waals surface area contributed by atoms with Crippen LogP contribution in [-0.2, 0) is 0 Å². The lowest BCUT2D eigenvalue weighted by Gasteiger charge is -2.08. The van der Waals surface area contributed by atoms with Crippen LogP contribution in [-0.4, -0.2) is 42.9 Å². The summed E-state index contributed by atoms with van der Waals surface area (Å²) in [6, 6.07) is 12.1. The first kappa shape index (κ1) is 21.0. The van der Waals surface area contributed by atoms with Crippen molar-refractivity contribution < 1.29 is 4.92 Å². The fraction of sp³-hybridized carbons (Fsp3) is 0.100. The Hall–Kier alpha value is -4.25. The first-order valence-corrected chi connectivity index (χ1v) is 9.91. The number of hydrogen-bond donors (Lipinski definition) is 4. The first-order chi connectivity index (χ1) is 15.5. The highest BCUT2D eigenvalue weighted by molar-refractivity contribution is 6.33. The third-order valence-corrected chi connectivity index (χ3v) is 4.78. The zero-order chi connectivity index (χ0) is 22.5. The molecule has 162 valence electrons. The topological polar surface area (TPSA) is 161 Å². The van der Waals surface area contributed by atoms with Crippen molar-refractivity contribution in [3.8, 4) is 22.8 Å². The summed E-state index contributed by atoms with van der Waals surface area (Å²) in [4.78, 5) is 30.5. The summed E-state index contributed by atoms with van der Waals surface area (Å²) in [5.41, 5.74) is 7.63. The molecule has 1 aromatic carbocycles. The van der Waals surface area contributed by atoms with Crippen LogP contribution in [0.15, 0.2) is 54.9 Å². The van der Waals surface area contributed by atoms with Crippen molar-refractivity contribution >= 4 is 34.9 Å². The minimum absolute atomic E-state index is 0.140. The van der Waals surface area contributed by atoms with E-state index in [0.717, 1.165) is 11.3 Å². The Morgan fingerprint density at radius 1 is 1.06 bits per heavy atom. The van der Waals surface area contributed by atoms with Crippen molar-refractivity contribution in [2.24, 2.45) is 0 Å². The van der Waals surface area contributed by atoms with Crippen molar-refractivity contribution in [2.45, 2.75) is 0 Å². The largest absolute Gasteiger partial charge is 0.378 e. The number of hydrogen-bond acceptors (Lipinski definition) is 9. The Morgan fingerprint density at radius 2 is 1.88 bits per heavy atom. The molecular formula is C20H18ClN9O2. The Morgan fingerprint density at radius 3 is 2.66 bits per heavy atom. The zero-order valence-electron chi connectivity index (χ0n) is 16.6. The monoisotopic (exact) mass is 451 g/mol. The number of anilines is 3. The van der Waals surface area contributed by atoms with Crippen molar-refractivity contribution in [1.82, 2.24) is 24.9 Å². The molecule has 0 saturated heterocycles. The Bertz CT molecular complexity index is 1260.